The molecule has 188 valence electrons. The van der Waals surface area contributed by atoms with E-state index in [1.165, 1.54) is 25.3 Å². The fourth-order valence-electron chi connectivity index (χ4n) is 3.56. The number of aromatic nitrogens is 2. The minimum atomic E-state index is -0.496. The van der Waals surface area contributed by atoms with Crippen molar-refractivity contribution in [1.29, 1.82) is 0 Å². The molecule has 0 saturated carbocycles. The second-order valence-electron chi connectivity index (χ2n) is 7.81. The first kappa shape index (κ1) is 26.0. The van der Waals surface area contributed by atoms with Crippen molar-refractivity contribution in [3.8, 4) is 5.75 Å². The van der Waals surface area contributed by atoms with Crippen molar-refractivity contribution in [1.82, 2.24) is 31.2 Å². The minimum Gasteiger partial charge on any atom is -0.507 e. The normalized spacial score (nSPS) is 11.9. The lowest BCUT2D eigenvalue weighted by atomic mass is 10.1. The van der Waals surface area contributed by atoms with E-state index < -0.39 is 16.8 Å². The molecule has 0 aliphatic heterocycles. The van der Waals surface area contributed by atoms with E-state index in [9.17, 15) is 19.5 Å². The number of aromatic amines is 1. The number of aliphatic hydroxyl groups is 2. The number of hydrogen-bond acceptors (Lipinski definition) is 10. The summed E-state index contributed by atoms with van der Waals surface area (Å²) < 4.78 is 0. The summed E-state index contributed by atoms with van der Waals surface area (Å²) in [5, 5.41) is 40.2. The standard InChI is InChI=1S/C23H30N6O6/c1-13-21(33)15(12-26-5-4-24-8-10-30)18-20(22(13)34)29-17-14(2-3-16(32)19(17)28-18)23(35)27-7-6-25-9-11-31/h2-3,12,24-26,29-31,33H,4-11H2,1H3,(H,27,35)/b15-12-. The average Bonchev–Trinajstić information content (AvgIpc) is 2.86. The number of phenols is 1. The maximum absolute atomic E-state index is 12.9. The van der Waals surface area contributed by atoms with Crippen molar-refractivity contribution >= 4 is 34.2 Å². The predicted molar refractivity (Wildman–Crippen MR) is 132 cm³/mol. The maximum Gasteiger partial charge on any atom is 0.253 e. The van der Waals surface area contributed by atoms with Gasteiger partial charge in [-0.2, -0.15) is 0 Å². The number of H-pyrrole nitrogens is 1. The summed E-state index contributed by atoms with van der Waals surface area (Å²) in [5.74, 6) is -0.708. The maximum atomic E-state index is 12.9. The molecule has 1 aromatic heterocycles. The Morgan fingerprint density at radius 1 is 0.971 bits per heavy atom. The van der Waals surface area contributed by atoms with Crippen LogP contribution in [0, 0.1) is 6.92 Å². The fraction of sp³-hybridized carbons (Fsp3) is 0.391. The fourth-order valence-corrected chi connectivity index (χ4v) is 3.56. The summed E-state index contributed by atoms with van der Waals surface area (Å²) in [4.78, 5) is 45.6. The van der Waals surface area contributed by atoms with Gasteiger partial charge in [0.1, 0.15) is 22.3 Å². The van der Waals surface area contributed by atoms with E-state index in [0.29, 0.717) is 32.7 Å². The Morgan fingerprint density at radius 3 is 2.34 bits per heavy atom. The van der Waals surface area contributed by atoms with E-state index in [1.54, 1.807) is 0 Å². The zero-order valence-corrected chi connectivity index (χ0v) is 19.4. The van der Waals surface area contributed by atoms with Gasteiger partial charge in [-0.15, -0.1) is 0 Å². The van der Waals surface area contributed by atoms with Crippen molar-refractivity contribution in [2.75, 3.05) is 52.5 Å². The average molecular weight is 487 g/mol. The van der Waals surface area contributed by atoms with Gasteiger partial charge in [0.15, 0.2) is 0 Å². The van der Waals surface area contributed by atoms with E-state index >= 15 is 0 Å². The molecule has 3 aromatic rings. The van der Waals surface area contributed by atoms with Gasteiger partial charge >= 0.3 is 0 Å². The van der Waals surface area contributed by atoms with E-state index in [2.05, 4.69) is 31.2 Å². The molecule has 8 N–H and O–H groups in total. The molecule has 2 aromatic carbocycles. The molecule has 0 saturated heterocycles. The third-order valence-electron chi connectivity index (χ3n) is 5.39. The molecule has 1 heterocycles. The van der Waals surface area contributed by atoms with Crippen molar-refractivity contribution in [3.05, 3.63) is 48.9 Å². The van der Waals surface area contributed by atoms with Crippen LogP contribution in [0.2, 0.25) is 0 Å². The van der Waals surface area contributed by atoms with Crippen LogP contribution in [0.15, 0.2) is 21.7 Å². The molecule has 0 aliphatic carbocycles. The van der Waals surface area contributed by atoms with Crippen molar-refractivity contribution in [2.24, 2.45) is 0 Å². The SMILES string of the molecule is Cc1c(O)/c(=C\NCCNCCO)c2nc3c(=O)ccc(C(=O)NCCNCCO)c3[nH]c2c1=O. The summed E-state index contributed by atoms with van der Waals surface area (Å²) in [6.07, 6.45) is 1.51. The molecule has 35 heavy (non-hydrogen) atoms. The highest BCUT2D eigenvalue weighted by Gasteiger charge is 2.18. The Morgan fingerprint density at radius 2 is 1.66 bits per heavy atom. The van der Waals surface area contributed by atoms with E-state index in [4.69, 9.17) is 10.2 Å². The monoisotopic (exact) mass is 486 g/mol. The van der Waals surface area contributed by atoms with Crippen LogP contribution in [0.1, 0.15) is 15.9 Å². The van der Waals surface area contributed by atoms with Gasteiger partial charge in [0, 0.05) is 51.0 Å². The molecule has 0 bridgehead atoms. The molecule has 0 spiro atoms. The number of nitrogens with one attached hydrogen (secondary N) is 5. The summed E-state index contributed by atoms with van der Waals surface area (Å²) >= 11 is 0. The first-order valence-electron chi connectivity index (χ1n) is 11.3. The molecule has 0 radical (unpaired) electrons. The summed E-state index contributed by atoms with van der Waals surface area (Å²) in [6, 6.07) is 2.60. The summed E-state index contributed by atoms with van der Waals surface area (Å²) in [5.41, 5.74) is -0.442. The van der Waals surface area contributed by atoms with Crippen LogP contribution in [0.3, 0.4) is 0 Å². The summed E-state index contributed by atoms with van der Waals surface area (Å²) in [7, 11) is 0. The first-order chi connectivity index (χ1) is 16.9. The Labute approximate surface area is 200 Å². The summed E-state index contributed by atoms with van der Waals surface area (Å²) in [6.45, 7) is 4.09. The van der Waals surface area contributed by atoms with Gasteiger partial charge in [-0.1, -0.05) is 0 Å². The Hall–Kier alpha value is -3.58. The van der Waals surface area contributed by atoms with Gasteiger partial charge in [-0.05, 0) is 19.1 Å². The van der Waals surface area contributed by atoms with E-state index in [1.807, 2.05) is 0 Å². The van der Waals surface area contributed by atoms with Crippen LogP contribution in [0.5, 0.6) is 5.75 Å². The Bertz CT molecular complexity index is 1370. The largest absolute Gasteiger partial charge is 0.507 e. The smallest absolute Gasteiger partial charge is 0.253 e. The molecule has 1 amide bonds. The number of nitrogens with zero attached hydrogens (tertiary/aromatic N) is 1. The number of rotatable bonds is 12. The quantitative estimate of drug-likeness (QED) is 0.0995. The number of amides is 1. The highest BCUT2D eigenvalue weighted by Crippen LogP contribution is 2.17. The number of carbonyl (C=O) groups is 1. The van der Waals surface area contributed by atoms with Crippen molar-refractivity contribution in [2.45, 2.75) is 6.92 Å². The number of benzene rings is 2. The molecule has 0 aliphatic rings. The van der Waals surface area contributed by atoms with E-state index in [-0.39, 0.29) is 63.9 Å². The van der Waals surface area contributed by atoms with Gasteiger partial charge in [-0.25, -0.2) is 4.98 Å². The number of hydrogen-bond donors (Lipinski definition) is 8. The lowest BCUT2D eigenvalue weighted by Crippen LogP contribution is -2.33. The first-order valence-corrected chi connectivity index (χ1v) is 11.3. The zero-order valence-electron chi connectivity index (χ0n) is 19.4. The second-order valence-corrected chi connectivity index (χ2v) is 7.81. The van der Waals surface area contributed by atoms with Gasteiger partial charge in [0.05, 0.1) is 29.5 Å². The highest BCUT2D eigenvalue weighted by molar-refractivity contribution is 6.06. The van der Waals surface area contributed by atoms with Crippen LogP contribution in [0.4, 0.5) is 0 Å². The molecule has 3 rings (SSSR count). The number of fused-ring (bicyclic) bond motifs is 2. The number of aliphatic hydroxyl groups excluding tert-OH is 2. The van der Waals surface area contributed by atoms with Crippen LogP contribution < -0.4 is 37.3 Å². The lowest BCUT2D eigenvalue weighted by molar-refractivity contribution is 0.0955. The van der Waals surface area contributed by atoms with Crippen LogP contribution >= 0.6 is 0 Å². The van der Waals surface area contributed by atoms with Gasteiger partial charge in [0.2, 0.25) is 10.9 Å². The minimum absolute atomic E-state index is 0.0146. The highest BCUT2D eigenvalue weighted by atomic mass is 16.3. The van der Waals surface area contributed by atoms with Gasteiger partial charge < -0.3 is 41.6 Å². The number of carbonyl (C=O) groups excluding carboxylic acids is 1. The van der Waals surface area contributed by atoms with Crippen LogP contribution in [-0.2, 0) is 0 Å². The molecule has 0 fully saturated rings. The van der Waals surface area contributed by atoms with E-state index in [0.717, 1.165) is 0 Å². The molecule has 12 heteroatoms. The van der Waals surface area contributed by atoms with Crippen LogP contribution in [0.25, 0.3) is 28.3 Å². The topological polar surface area (TPSA) is 189 Å². The molecular weight excluding hydrogens is 456 g/mol. The third-order valence-corrected chi connectivity index (χ3v) is 5.39. The molecular formula is C23H30N6O6. The second kappa shape index (κ2) is 12.2. The van der Waals surface area contributed by atoms with Crippen molar-refractivity contribution in [3.63, 3.8) is 0 Å². The molecule has 12 nitrogen and oxygen atoms in total. The Balaban J connectivity index is 2.06. The number of phenolic OH excluding ortho intramolecular Hbond substituents is 1. The van der Waals surface area contributed by atoms with Gasteiger partial charge in [0.25, 0.3) is 5.91 Å². The molecule has 0 unspecified atom stereocenters. The third kappa shape index (κ3) is 5.92. The predicted octanol–water partition coefficient (Wildman–Crippen LogP) is -2.61. The number of aromatic hydroxyl groups is 1. The molecule has 0 atom stereocenters. The Kier molecular flexibility index (Phi) is 9.09. The van der Waals surface area contributed by atoms with Crippen LogP contribution in [-0.4, -0.2) is 83.7 Å². The lowest BCUT2D eigenvalue weighted by Gasteiger charge is -2.11. The van der Waals surface area contributed by atoms with Crippen molar-refractivity contribution < 1.29 is 20.1 Å². The van der Waals surface area contributed by atoms with Gasteiger partial charge in [-0.3, -0.25) is 14.4 Å². The zero-order chi connectivity index (χ0) is 25.4.